The summed E-state index contributed by atoms with van der Waals surface area (Å²) in [6.45, 7) is 14.6. The van der Waals surface area contributed by atoms with Crippen molar-refractivity contribution < 1.29 is 46.1 Å². The molecule has 2 aromatic heterocycles. The number of carboxylic acids is 2. The number of halogens is 6. The van der Waals surface area contributed by atoms with Crippen LogP contribution in [0.5, 0.6) is 0 Å². The summed E-state index contributed by atoms with van der Waals surface area (Å²) < 4.78 is 66.0. The Balaban J connectivity index is 0.000000333. The number of aryl methyl sites for hydroxylation is 2. The Bertz CT molecular complexity index is 1140. The van der Waals surface area contributed by atoms with Gasteiger partial charge < -0.3 is 19.7 Å². The first-order chi connectivity index (χ1) is 18.3. The summed E-state index contributed by atoms with van der Waals surface area (Å²) in [5.41, 5.74) is 3.12. The predicted molar refractivity (Wildman–Crippen MR) is 136 cm³/mol. The Labute approximate surface area is 232 Å². The second kappa shape index (κ2) is 12.9. The molecule has 8 nitrogen and oxygen atoms in total. The molecule has 0 aliphatic carbocycles. The van der Waals surface area contributed by atoms with E-state index in [9.17, 15) is 26.3 Å². The van der Waals surface area contributed by atoms with E-state index in [0.29, 0.717) is 6.04 Å². The van der Waals surface area contributed by atoms with Crippen molar-refractivity contribution in [2.75, 3.05) is 26.7 Å². The van der Waals surface area contributed by atoms with Gasteiger partial charge in [0, 0.05) is 40.8 Å². The molecule has 226 valence electrons. The second-order valence-corrected chi connectivity index (χ2v) is 11.6. The third-order valence-corrected chi connectivity index (χ3v) is 7.69. The average molecular weight is 601 g/mol. The molecule has 1 spiro atoms. The fourth-order valence-electron chi connectivity index (χ4n) is 4.97. The number of likely N-dealkylation sites (tertiary alicyclic amines) is 1. The molecular formula is C25H34F6N4O4S. The molecule has 0 atom stereocenters. The monoisotopic (exact) mass is 600 g/mol. The highest BCUT2D eigenvalue weighted by Gasteiger charge is 2.45. The summed E-state index contributed by atoms with van der Waals surface area (Å²) >= 11 is 1.94. The molecule has 1 fully saturated rings. The van der Waals surface area contributed by atoms with Crippen molar-refractivity contribution in [1.82, 2.24) is 19.4 Å². The van der Waals surface area contributed by atoms with E-state index in [-0.39, 0.29) is 5.41 Å². The van der Waals surface area contributed by atoms with Crippen molar-refractivity contribution in [3.05, 3.63) is 39.1 Å². The number of carboxylic acid groups (broad SMARTS) is 2. The van der Waals surface area contributed by atoms with Gasteiger partial charge >= 0.3 is 24.3 Å². The predicted octanol–water partition coefficient (Wildman–Crippen LogP) is 5.39. The lowest BCUT2D eigenvalue weighted by Crippen LogP contribution is -2.51. The Morgan fingerprint density at radius 2 is 1.52 bits per heavy atom. The van der Waals surface area contributed by atoms with E-state index in [0.717, 1.165) is 19.6 Å². The summed E-state index contributed by atoms with van der Waals surface area (Å²) in [6, 6.07) is 5.03. The van der Waals surface area contributed by atoms with E-state index in [1.807, 2.05) is 11.3 Å². The SMILES string of the molecule is Cc1ccc(CN2Cc3c(nc(C)n3C(C)C)C3(CCN(C)CC3)C2)s1.O=C(O)C(F)(F)F.O=C(O)C(F)(F)F. The Hall–Kier alpha value is -2.65. The van der Waals surface area contributed by atoms with Crippen molar-refractivity contribution in [3.63, 3.8) is 0 Å². The second-order valence-electron chi connectivity index (χ2n) is 10.3. The highest BCUT2D eigenvalue weighted by molar-refractivity contribution is 7.11. The van der Waals surface area contributed by atoms with Gasteiger partial charge in [-0.15, -0.1) is 11.3 Å². The summed E-state index contributed by atoms with van der Waals surface area (Å²) in [5, 5.41) is 14.2. The molecule has 2 aliphatic rings. The molecule has 40 heavy (non-hydrogen) atoms. The zero-order chi connectivity index (χ0) is 30.6. The summed E-state index contributed by atoms with van der Waals surface area (Å²) in [6.07, 6.45) is -7.71. The molecular weight excluding hydrogens is 566 g/mol. The van der Waals surface area contributed by atoms with E-state index in [1.54, 1.807) is 0 Å². The van der Waals surface area contributed by atoms with Gasteiger partial charge in [-0.1, -0.05) is 0 Å². The fourth-order valence-corrected chi connectivity index (χ4v) is 5.90. The van der Waals surface area contributed by atoms with Crippen LogP contribution in [0, 0.1) is 13.8 Å². The average Bonchev–Trinajstić information content (AvgIpc) is 3.37. The fraction of sp³-hybridized carbons (Fsp3) is 0.640. The molecule has 0 amide bonds. The third-order valence-electron chi connectivity index (χ3n) is 6.71. The highest BCUT2D eigenvalue weighted by Crippen LogP contribution is 2.42. The van der Waals surface area contributed by atoms with Gasteiger partial charge in [0.2, 0.25) is 0 Å². The molecule has 0 radical (unpaired) electrons. The zero-order valence-electron chi connectivity index (χ0n) is 22.9. The number of thiophene rings is 1. The van der Waals surface area contributed by atoms with Crippen molar-refractivity contribution in [2.45, 2.75) is 77.4 Å². The van der Waals surface area contributed by atoms with Crippen molar-refractivity contribution in [3.8, 4) is 0 Å². The van der Waals surface area contributed by atoms with Crippen LogP contribution < -0.4 is 0 Å². The lowest BCUT2D eigenvalue weighted by Gasteiger charge is -2.46. The first kappa shape index (κ1) is 33.6. The van der Waals surface area contributed by atoms with Crippen molar-refractivity contribution >= 4 is 23.3 Å². The van der Waals surface area contributed by atoms with Gasteiger partial charge in [0.15, 0.2) is 0 Å². The van der Waals surface area contributed by atoms with Gasteiger partial charge in [-0.2, -0.15) is 26.3 Å². The lowest BCUT2D eigenvalue weighted by atomic mass is 9.72. The number of alkyl halides is 6. The molecule has 0 aromatic carbocycles. The van der Waals surface area contributed by atoms with Crippen LogP contribution >= 0.6 is 11.3 Å². The maximum atomic E-state index is 10.6. The van der Waals surface area contributed by atoms with E-state index < -0.39 is 24.3 Å². The quantitative estimate of drug-likeness (QED) is 0.456. The van der Waals surface area contributed by atoms with Crippen LogP contribution in [0.3, 0.4) is 0 Å². The van der Waals surface area contributed by atoms with Gasteiger partial charge in [0.05, 0.1) is 11.4 Å². The minimum absolute atomic E-state index is 0.233. The van der Waals surface area contributed by atoms with Crippen LogP contribution in [-0.2, 0) is 28.1 Å². The van der Waals surface area contributed by atoms with E-state index in [4.69, 9.17) is 24.8 Å². The smallest absolute Gasteiger partial charge is 0.475 e. The number of fused-ring (bicyclic) bond motifs is 2. The lowest BCUT2D eigenvalue weighted by molar-refractivity contribution is -0.193. The van der Waals surface area contributed by atoms with Gasteiger partial charge in [-0.05, 0) is 72.8 Å². The topological polar surface area (TPSA) is 98.9 Å². The van der Waals surface area contributed by atoms with E-state index >= 15 is 0 Å². The molecule has 2 aliphatic heterocycles. The minimum atomic E-state index is -5.08. The number of imidazole rings is 1. The normalized spacial score (nSPS) is 17.5. The third kappa shape index (κ3) is 8.67. The number of carbonyl (C=O) groups is 2. The van der Waals surface area contributed by atoms with E-state index in [1.165, 1.54) is 52.9 Å². The van der Waals surface area contributed by atoms with Gasteiger partial charge in [0.1, 0.15) is 5.82 Å². The largest absolute Gasteiger partial charge is 0.490 e. The van der Waals surface area contributed by atoms with E-state index in [2.05, 4.69) is 61.2 Å². The number of nitrogens with zero attached hydrogens (tertiary/aromatic N) is 4. The Morgan fingerprint density at radius 1 is 1.02 bits per heavy atom. The Kier molecular flexibility index (Phi) is 10.8. The Morgan fingerprint density at radius 3 is 1.93 bits per heavy atom. The number of piperidine rings is 1. The van der Waals surface area contributed by atoms with Crippen LogP contribution in [0.25, 0.3) is 0 Å². The first-order valence-electron chi connectivity index (χ1n) is 12.4. The van der Waals surface area contributed by atoms with Crippen LogP contribution in [-0.4, -0.2) is 80.5 Å². The molecule has 4 heterocycles. The molecule has 1 saturated heterocycles. The molecule has 2 N–H and O–H groups in total. The van der Waals surface area contributed by atoms with Crippen LogP contribution in [0.2, 0.25) is 0 Å². The van der Waals surface area contributed by atoms with Crippen LogP contribution in [0.1, 0.15) is 59.7 Å². The molecule has 4 rings (SSSR count). The van der Waals surface area contributed by atoms with Crippen LogP contribution in [0.15, 0.2) is 12.1 Å². The maximum absolute atomic E-state index is 10.6. The molecule has 15 heteroatoms. The van der Waals surface area contributed by atoms with Gasteiger partial charge in [-0.25, -0.2) is 14.6 Å². The number of aliphatic carboxylic acids is 2. The van der Waals surface area contributed by atoms with Gasteiger partial charge in [0.25, 0.3) is 0 Å². The van der Waals surface area contributed by atoms with Crippen LogP contribution in [0.4, 0.5) is 26.3 Å². The zero-order valence-corrected chi connectivity index (χ0v) is 23.7. The number of rotatable bonds is 3. The number of aromatic nitrogens is 2. The van der Waals surface area contributed by atoms with Crippen molar-refractivity contribution in [1.29, 1.82) is 0 Å². The molecule has 0 saturated carbocycles. The summed E-state index contributed by atoms with van der Waals surface area (Å²) in [5.74, 6) is -4.32. The highest BCUT2D eigenvalue weighted by atomic mass is 32.1. The first-order valence-corrected chi connectivity index (χ1v) is 13.2. The van der Waals surface area contributed by atoms with Gasteiger partial charge in [-0.3, -0.25) is 4.90 Å². The minimum Gasteiger partial charge on any atom is -0.475 e. The molecule has 2 aromatic rings. The summed E-state index contributed by atoms with van der Waals surface area (Å²) in [4.78, 5) is 31.0. The maximum Gasteiger partial charge on any atom is 0.490 e. The van der Waals surface area contributed by atoms with Crippen molar-refractivity contribution in [2.24, 2.45) is 0 Å². The number of hydrogen-bond acceptors (Lipinski definition) is 6. The standard InChI is InChI=1S/C21H32N4S.2C2HF3O2/c1-15(2)25-17(4)22-20-19(25)13-24(12-18-7-6-16(3)26-18)14-21(20)8-10-23(5)11-9-21;2*3-2(4,5)1(6)7/h6-7,15H,8-14H2,1-5H3;2*(H,6,7). The summed E-state index contributed by atoms with van der Waals surface area (Å²) in [7, 11) is 2.25. The number of hydrogen-bond donors (Lipinski definition) is 2. The molecule has 0 bridgehead atoms. The molecule has 0 unspecified atom stereocenters.